The maximum absolute atomic E-state index is 11.5. The number of halogens is 1. The lowest BCUT2D eigenvalue weighted by Crippen LogP contribution is -2.23. The molecular weight excluding hydrogens is 304 g/mol. The first-order valence-electron chi connectivity index (χ1n) is 6.80. The number of hydrogen-bond acceptors (Lipinski definition) is 4. The first-order valence-corrected chi connectivity index (χ1v) is 7.18. The maximum atomic E-state index is 11.5. The minimum atomic E-state index is -0.348. The van der Waals surface area contributed by atoms with Gasteiger partial charge >= 0.3 is 0 Å². The van der Waals surface area contributed by atoms with E-state index < -0.39 is 0 Å². The normalized spacial score (nSPS) is 11.4. The van der Waals surface area contributed by atoms with Gasteiger partial charge in [-0.25, -0.2) is 4.68 Å². The average Bonchev–Trinajstić information content (AvgIpc) is 2.82. The van der Waals surface area contributed by atoms with Gasteiger partial charge in [-0.2, -0.15) is 5.10 Å². The summed E-state index contributed by atoms with van der Waals surface area (Å²) in [7, 11) is 3.10. The molecule has 0 aliphatic heterocycles. The summed E-state index contributed by atoms with van der Waals surface area (Å²) in [4.78, 5) is 11.5. The molecule has 0 aliphatic carbocycles. The van der Waals surface area contributed by atoms with Crippen LogP contribution in [0.2, 0.25) is 5.15 Å². The Morgan fingerprint density at radius 2 is 1.91 bits per heavy atom. The van der Waals surface area contributed by atoms with Crippen molar-refractivity contribution in [1.82, 2.24) is 9.78 Å². The molecule has 118 valence electrons. The van der Waals surface area contributed by atoms with E-state index in [1.165, 1.54) is 0 Å². The Kier molecular flexibility index (Phi) is 4.47. The molecule has 0 bridgehead atoms. The highest BCUT2D eigenvalue weighted by atomic mass is 35.5. The minimum Gasteiger partial charge on any atom is -0.493 e. The summed E-state index contributed by atoms with van der Waals surface area (Å²) in [5.74, 6) is 1.08. The molecule has 6 heteroatoms. The highest BCUT2D eigenvalue weighted by Crippen LogP contribution is 2.40. The number of rotatable bonds is 4. The van der Waals surface area contributed by atoms with E-state index in [1.54, 1.807) is 25.0 Å². The number of aldehydes is 1. The number of hydrogen-bond donors (Lipinski definition) is 0. The Morgan fingerprint density at radius 1 is 1.23 bits per heavy atom. The molecule has 22 heavy (non-hydrogen) atoms. The van der Waals surface area contributed by atoms with Crippen LogP contribution in [0.3, 0.4) is 0 Å². The van der Waals surface area contributed by atoms with Crippen molar-refractivity contribution >= 4 is 17.9 Å². The number of carbonyl (C=O) groups excluding carboxylic acids is 1. The molecule has 5 nitrogen and oxygen atoms in total. The van der Waals surface area contributed by atoms with Gasteiger partial charge in [0.1, 0.15) is 10.8 Å². The number of ether oxygens (including phenoxy) is 2. The molecular formula is C16H19ClN2O3. The lowest BCUT2D eigenvalue weighted by atomic mass is 10.1. The molecule has 0 aliphatic rings. The molecule has 0 saturated heterocycles. The van der Waals surface area contributed by atoms with Gasteiger partial charge in [-0.1, -0.05) is 17.7 Å². The van der Waals surface area contributed by atoms with Crippen molar-refractivity contribution in [1.29, 1.82) is 0 Å². The van der Waals surface area contributed by atoms with Crippen molar-refractivity contribution in [3.63, 3.8) is 0 Å². The number of carbonyl (C=O) groups is 1. The van der Waals surface area contributed by atoms with Crippen LogP contribution in [0.4, 0.5) is 0 Å². The zero-order valence-corrected chi connectivity index (χ0v) is 14.1. The minimum absolute atomic E-state index is 0.308. The van der Waals surface area contributed by atoms with E-state index in [0.29, 0.717) is 39.8 Å². The second-order valence-electron chi connectivity index (χ2n) is 5.79. The molecule has 0 saturated carbocycles. The topological polar surface area (TPSA) is 53.4 Å². The molecule has 1 aromatic heterocycles. The predicted molar refractivity (Wildman–Crippen MR) is 86.2 cm³/mol. The molecule has 0 radical (unpaired) electrons. The molecule has 2 aromatic rings. The lowest BCUT2D eigenvalue weighted by molar-refractivity contribution is 0.112. The lowest BCUT2D eigenvalue weighted by Gasteiger charge is -2.20. The smallest absolute Gasteiger partial charge is 0.170 e. The van der Waals surface area contributed by atoms with E-state index in [9.17, 15) is 4.79 Å². The van der Waals surface area contributed by atoms with Crippen molar-refractivity contribution in [2.75, 3.05) is 14.2 Å². The summed E-state index contributed by atoms with van der Waals surface area (Å²) >= 11 is 6.33. The van der Waals surface area contributed by atoms with Crippen LogP contribution >= 0.6 is 11.6 Å². The van der Waals surface area contributed by atoms with Gasteiger partial charge < -0.3 is 9.47 Å². The van der Waals surface area contributed by atoms with E-state index in [4.69, 9.17) is 21.1 Å². The fourth-order valence-corrected chi connectivity index (χ4v) is 2.66. The second kappa shape index (κ2) is 6.01. The third kappa shape index (κ3) is 2.68. The fourth-order valence-electron chi connectivity index (χ4n) is 2.23. The summed E-state index contributed by atoms with van der Waals surface area (Å²) < 4.78 is 12.3. The number of benzene rings is 1. The van der Waals surface area contributed by atoms with Gasteiger partial charge in [0.2, 0.25) is 0 Å². The van der Waals surface area contributed by atoms with E-state index in [1.807, 2.05) is 32.9 Å². The van der Waals surface area contributed by atoms with E-state index >= 15 is 0 Å². The summed E-state index contributed by atoms with van der Waals surface area (Å²) in [6.45, 7) is 5.90. The van der Waals surface area contributed by atoms with Crippen molar-refractivity contribution in [2.45, 2.75) is 26.3 Å². The maximum Gasteiger partial charge on any atom is 0.170 e. The van der Waals surface area contributed by atoms with Crippen LogP contribution in [-0.2, 0) is 5.54 Å². The largest absolute Gasteiger partial charge is 0.493 e. The molecule has 0 fully saturated rings. The SMILES string of the molecule is COc1cccc(-c2nn(C(C)(C)C)c(Cl)c2C=O)c1OC. The van der Waals surface area contributed by atoms with Crippen LogP contribution in [0.15, 0.2) is 18.2 Å². The monoisotopic (exact) mass is 322 g/mol. The second-order valence-corrected chi connectivity index (χ2v) is 6.15. The van der Waals surface area contributed by atoms with Crippen molar-refractivity contribution in [2.24, 2.45) is 0 Å². The quantitative estimate of drug-likeness (QED) is 0.804. The van der Waals surface area contributed by atoms with Crippen LogP contribution in [0.1, 0.15) is 31.1 Å². The van der Waals surface area contributed by atoms with E-state index in [2.05, 4.69) is 5.10 Å². The van der Waals surface area contributed by atoms with Gasteiger partial charge in [0.15, 0.2) is 17.8 Å². The summed E-state index contributed by atoms with van der Waals surface area (Å²) in [5.41, 5.74) is 1.13. The van der Waals surface area contributed by atoms with Crippen LogP contribution in [0.25, 0.3) is 11.3 Å². The van der Waals surface area contributed by atoms with Gasteiger partial charge in [-0.3, -0.25) is 4.79 Å². The molecule has 1 aromatic carbocycles. The van der Waals surface area contributed by atoms with Crippen molar-refractivity contribution in [3.8, 4) is 22.8 Å². The number of nitrogens with zero attached hydrogens (tertiary/aromatic N) is 2. The van der Waals surface area contributed by atoms with Gasteiger partial charge in [0.25, 0.3) is 0 Å². The van der Waals surface area contributed by atoms with Crippen molar-refractivity contribution < 1.29 is 14.3 Å². The van der Waals surface area contributed by atoms with Crippen LogP contribution in [0.5, 0.6) is 11.5 Å². The molecule has 0 spiro atoms. The van der Waals surface area contributed by atoms with Crippen LogP contribution in [0, 0.1) is 0 Å². The third-order valence-corrected chi connectivity index (χ3v) is 3.64. The predicted octanol–water partition coefficient (Wildman–Crippen LogP) is 3.79. The highest BCUT2D eigenvalue weighted by molar-refractivity contribution is 6.32. The van der Waals surface area contributed by atoms with Gasteiger partial charge in [-0.05, 0) is 32.9 Å². The first kappa shape index (κ1) is 16.4. The van der Waals surface area contributed by atoms with E-state index in [-0.39, 0.29) is 5.54 Å². The van der Waals surface area contributed by atoms with Crippen LogP contribution in [-0.4, -0.2) is 30.3 Å². The molecule has 0 atom stereocenters. The Morgan fingerprint density at radius 3 is 2.41 bits per heavy atom. The molecule has 0 N–H and O–H groups in total. The fraction of sp³-hybridized carbons (Fsp3) is 0.375. The van der Waals surface area contributed by atoms with E-state index in [0.717, 1.165) is 0 Å². The molecule has 0 unspecified atom stereocenters. The zero-order chi connectivity index (χ0) is 16.5. The Balaban J connectivity index is 2.76. The summed E-state index contributed by atoms with van der Waals surface area (Å²) in [6.07, 6.45) is 0.714. The van der Waals surface area contributed by atoms with Gasteiger partial charge in [-0.15, -0.1) is 0 Å². The third-order valence-electron chi connectivity index (χ3n) is 3.27. The number of aromatic nitrogens is 2. The average molecular weight is 323 g/mol. The highest BCUT2D eigenvalue weighted by Gasteiger charge is 2.26. The summed E-state index contributed by atoms with van der Waals surface area (Å²) in [6, 6.07) is 5.42. The van der Waals surface area contributed by atoms with Crippen molar-refractivity contribution in [3.05, 3.63) is 28.9 Å². The zero-order valence-electron chi connectivity index (χ0n) is 13.3. The van der Waals surface area contributed by atoms with Gasteiger partial charge in [0.05, 0.1) is 25.3 Å². The Bertz CT molecular complexity index is 702. The molecule has 2 rings (SSSR count). The van der Waals surface area contributed by atoms with Crippen LogP contribution < -0.4 is 9.47 Å². The Hall–Kier alpha value is -2.01. The van der Waals surface area contributed by atoms with Gasteiger partial charge in [0, 0.05) is 5.56 Å². The number of para-hydroxylation sites is 1. The standard InChI is InChI=1S/C16H19ClN2O3/c1-16(2,3)19-15(17)11(9-20)13(18-19)10-7-6-8-12(21-4)14(10)22-5/h6-9H,1-5H3. The Labute approximate surface area is 134 Å². The first-order chi connectivity index (χ1) is 10.3. The summed E-state index contributed by atoms with van der Waals surface area (Å²) in [5, 5.41) is 4.83. The molecule has 1 heterocycles. The molecule has 0 amide bonds. The number of methoxy groups -OCH3 is 2.